The normalized spacial score (nSPS) is 17.6. The third-order valence-corrected chi connectivity index (χ3v) is 6.58. The Hall–Kier alpha value is -3.00. The van der Waals surface area contributed by atoms with Crippen LogP contribution in [-0.2, 0) is 19.4 Å². The van der Waals surface area contributed by atoms with Gasteiger partial charge in [0.25, 0.3) is 5.91 Å². The number of anilines is 1. The van der Waals surface area contributed by atoms with E-state index < -0.39 is 6.10 Å². The summed E-state index contributed by atoms with van der Waals surface area (Å²) in [4.78, 5) is 21.6. The Bertz CT molecular complexity index is 1090. The van der Waals surface area contributed by atoms with Crippen LogP contribution >= 0.6 is 0 Å². The number of β-amino-alcohol motifs (C(OH)–C–C–N with tert-alkyl or cyclic N) is 1. The van der Waals surface area contributed by atoms with E-state index >= 15 is 0 Å². The third-order valence-electron chi connectivity index (χ3n) is 6.58. The number of hydrogen-bond donors (Lipinski definition) is 2. The number of carbonyl (C=O) groups is 1. The maximum Gasteiger partial charge on any atom is 0.277 e. The Labute approximate surface area is 194 Å². The lowest BCUT2D eigenvalue weighted by Gasteiger charge is -2.35. The van der Waals surface area contributed by atoms with Gasteiger partial charge in [-0.15, -0.1) is 0 Å². The van der Waals surface area contributed by atoms with Crippen LogP contribution in [0.15, 0.2) is 59.2 Å². The zero-order valence-electron chi connectivity index (χ0n) is 18.7. The van der Waals surface area contributed by atoms with Crippen LogP contribution in [-0.4, -0.2) is 58.5 Å². The highest BCUT2D eigenvalue weighted by Crippen LogP contribution is 2.25. The molecule has 7 heteroatoms. The van der Waals surface area contributed by atoms with E-state index in [0.717, 1.165) is 50.3 Å². The Morgan fingerprint density at radius 1 is 1.03 bits per heavy atom. The van der Waals surface area contributed by atoms with Gasteiger partial charge in [-0.3, -0.25) is 14.6 Å². The summed E-state index contributed by atoms with van der Waals surface area (Å²) in [6.45, 7) is 4.67. The monoisotopic (exact) mass is 446 g/mol. The number of amides is 1. The number of aromatic nitrogens is 1. The summed E-state index contributed by atoms with van der Waals surface area (Å²) in [5.74, 6) is 0.300. The molecule has 2 aliphatic rings. The highest BCUT2D eigenvalue weighted by Gasteiger charge is 2.22. The van der Waals surface area contributed by atoms with Crippen molar-refractivity contribution in [2.45, 2.75) is 31.9 Å². The van der Waals surface area contributed by atoms with Crippen LogP contribution in [0.1, 0.15) is 45.6 Å². The van der Waals surface area contributed by atoms with Crippen molar-refractivity contribution in [3.05, 3.63) is 83.1 Å². The second-order valence-electron chi connectivity index (χ2n) is 8.92. The number of fused-ring (bicyclic) bond motifs is 1. The van der Waals surface area contributed by atoms with Gasteiger partial charge in [0, 0.05) is 38.4 Å². The molecule has 0 radical (unpaired) electrons. The Morgan fingerprint density at radius 2 is 1.79 bits per heavy atom. The number of hydrogen-bond acceptors (Lipinski definition) is 6. The minimum absolute atomic E-state index is 0.248. The molecule has 172 valence electrons. The maximum atomic E-state index is 12.6. The molecule has 1 aliphatic carbocycles. The van der Waals surface area contributed by atoms with E-state index in [1.54, 1.807) is 0 Å². The maximum absolute atomic E-state index is 12.6. The standard InChI is InChI=1S/C26H30N4O3/c31-24(20-5-2-1-3-6-20)16-29-11-13-30(14-12-29)17-25-28-23(18-33-25)26(32)27-22-10-9-19-7-4-8-21(19)15-22/h1-3,5-6,9-10,15,18,24,31H,4,7-8,11-14,16-17H2,(H,27,32)/t24-/m0/s1. The van der Waals surface area contributed by atoms with E-state index in [-0.39, 0.29) is 5.91 Å². The Morgan fingerprint density at radius 3 is 2.61 bits per heavy atom. The van der Waals surface area contributed by atoms with Gasteiger partial charge in [0.2, 0.25) is 5.89 Å². The minimum atomic E-state index is -0.476. The predicted molar refractivity (Wildman–Crippen MR) is 126 cm³/mol. The first-order chi connectivity index (χ1) is 16.1. The first kappa shape index (κ1) is 21.8. The topological polar surface area (TPSA) is 81.8 Å². The summed E-state index contributed by atoms with van der Waals surface area (Å²) in [7, 11) is 0. The van der Waals surface area contributed by atoms with Crippen molar-refractivity contribution >= 4 is 11.6 Å². The van der Waals surface area contributed by atoms with E-state index in [1.165, 1.54) is 23.8 Å². The number of nitrogens with zero attached hydrogens (tertiary/aromatic N) is 3. The molecule has 7 nitrogen and oxygen atoms in total. The van der Waals surface area contributed by atoms with Gasteiger partial charge in [-0.1, -0.05) is 36.4 Å². The number of carbonyl (C=O) groups excluding carboxylic acids is 1. The average molecular weight is 447 g/mol. The van der Waals surface area contributed by atoms with Crippen LogP contribution < -0.4 is 5.32 Å². The summed E-state index contributed by atoms with van der Waals surface area (Å²) >= 11 is 0. The summed E-state index contributed by atoms with van der Waals surface area (Å²) in [6.07, 6.45) is 4.34. The molecule has 1 aromatic heterocycles. The lowest BCUT2D eigenvalue weighted by molar-refractivity contribution is 0.0671. The predicted octanol–water partition coefficient (Wildman–Crippen LogP) is 3.27. The second-order valence-corrected chi connectivity index (χ2v) is 8.92. The van der Waals surface area contributed by atoms with Gasteiger partial charge in [0.05, 0.1) is 12.6 Å². The van der Waals surface area contributed by atoms with E-state index in [1.807, 2.05) is 36.4 Å². The van der Waals surface area contributed by atoms with Gasteiger partial charge in [-0.25, -0.2) is 4.98 Å². The van der Waals surface area contributed by atoms with Gasteiger partial charge < -0.3 is 14.8 Å². The number of oxazole rings is 1. The van der Waals surface area contributed by atoms with Crippen molar-refractivity contribution < 1.29 is 14.3 Å². The van der Waals surface area contributed by atoms with Crippen LogP contribution in [0.4, 0.5) is 5.69 Å². The number of aliphatic hydroxyl groups is 1. The zero-order chi connectivity index (χ0) is 22.6. The van der Waals surface area contributed by atoms with E-state index in [9.17, 15) is 9.90 Å². The molecule has 2 aromatic carbocycles. The number of nitrogens with one attached hydrogen (secondary N) is 1. The molecule has 1 amide bonds. The van der Waals surface area contributed by atoms with Crippen molar-refractivity contribution in [2.75, 3.05) is 38.0 Å². The van der Waals surface area contributed by atoms with E-state index in [4.69, 9.17) is 4.42 Å². The second kappa shape index (κ2) is 9.87. The number of aryl methyl sites for hydroxylation is 2. The molecule has 3 aromatic rings. The van der Waals surface area contributed by atoms with Crippen molar-refractivity contribution in [1.82, 2.24) is 14.8 Å². The quantitative estimate of drug-likeness (QED) is 0.580. The Balaban J connectivity index is 1.10. The first-order valence-electron chi connectivity index (χ1n) is 11.7. The smallest absolute Gasteiger partial charge is 0.277 e. The molecule has 2 heterocycles. The molecule has 2 N–H and O–H groups in total. The minimum Gasteiger partial charge on any atom is -0.447 e. The molecule has 1 fully saturated rings. The number of piperazine rings is 1. The first-order valence-corrected chi connectivity index (χ1v) is 11.7. The molecule has 5 rings (SSSR count). The molecule has 0 bridgehead atoms. The molecular weight excluding hydrogens is 416 g/mol. The van der Waals surface area contributed by atoms with Crippen molar-refractivity contribution in [3.63, 3.8) is 0 Å². The highest BCUT2D eigenvalue weighted by molar-refractivity contribution is 6.02. The lowest BCUT2D eigenvalue weighted by atomic mass is 10.1. The van der Waals surface area contributed by atoms with E-state index in [0.29, 0.717) is 24.7 Å². The molecule has 0 spiro atoms. The van der Waals surface area contributed by atoms with Gasteiger partial charge in [0.15, 0.2) is 5.69 Å². The number of rotatable bonds is 7. The summed E-state index contributed by atoms with van der Waals surface area (Å²) in [5, 5.41) is 13.4. The summed E-state index contributed by atoms with van der Waals surface area (Å²) < 4.78 is 5.58. The van der Waals surface area contributed by atoms with Crippen molar-refractivity contribution in [2.24, 2.45) is 0 Å². The summed E-state index contributed by atoms with van der Waals surface area (Å²) in [5.41, 5.74) is 4.76. The molecule has 33 heavy (non-hydrogen) atoms. The van der Waals surface area contributed by atoms with Gasteiger partial charge >= 0.3 is 0 Å². The van der Waals surface area contributed by atoms with Crippen LogP contribution in [0.25, 0.3) is 0 Å². The highest BCUT2D eigenvalue weighted by atomic mass is 16.3. The van der Waals surface area contributed by atoms with E-state index in [2.05, 4.69) is 32.2 Å². The molecule has 1 aliphatic heterocycles. The molecular formula is C26H30N4O3. The molecule has 0 unspecified atom stereocenters. The van der Waals surface area contributed by atoms with Crippen LogP contribution in [0, 0.1) is 0 Å². The number of aliphatic hydroxyl groups excluding tert-OH is 1. The third kappa shape index (κ3) is 5.33. The SMILES string of the molecule is O=C(Nc1ccc2c(c1)CCC2)c1coc(CN2CCN(C[C@H](O)c3ccccc3)CC2)n1. The Kier molecular flexibility index (Phi) is 6.53. The summed E-state index contributed by atoms with van der Waals surface area (Å²) in [6, 6.07) is 15.9. The van der Waals surface area contributed by atoms with Crippen LogP contribution in [0.5, 0.6) is 0 Å². The fourth-order valence-electron chi connectivity index (χ4n) is 4.68. The largest absolute Gasteiger partial charge is 0.447 e. The molecule has 1 atom stereocenters. The lowest BCUT2D eigenvalue weighted by Crippen LogP contribution is -2.47. The molecule has 0 saturated carbocycles. The van der Waals surface area contributed by atoms with Gasteiger partial charge in [-0.2, -0.15) is 0 Å². The molecule has 1 saturated heterocycles. The van der Waals surface area contributed by atoms with Crippen molar-refractivity contribution in [1.29, 1.82) is 0 Å². The van der Waals surface area contributed by atoms with Crippen LogP contribution in [0.2, 0.25) is 0 Å². The van der Waals surface area contributed by atoms with Gasteiger partial charge in [-0.05, 0) is 48.1 Å². The van der Waals surface area contributed by atoms with Crippen molar-refractivity contribution in [3.8, 4) is 0 Å². The fourth-order valence-corrected chi connectivity index (χ4v) is 4.68. The number of benzene rings is 2. The van der Waals surface area contributed by atoms with Crippen LogP contribution in [0.3, 0.4) is 0 Å². The zero-order valence-corrected chi connectivity index (χ0v) is 18.7. The van der Waals surface area contributed by atoms with Gasteiger partial charge in [0.1, 0.15) is 6.26 Å². The fraction of sp³-hybridized carbons (Fsp3) is 0.385. The average Bonchev–Trinajstić information content (AvgIpc) is 3.50.